The van der Waals surface area contributed by atoms with E-state index in [-0.39, 0.29) is 6.04 Å². The summed E-state index contributed by atoms with van der Waals surface area (Å²) in [5, 5.41) is 13.8. The van der Waals surface area contributed by atoms with Crippen LogP contribution < -0.4 is 10.6 Å². The van der Waals surface area contributed by atoms with Crippen molar-refractivity contribution in [1.29, 1.82) is 0 Å². The average Bonchev–Trinajstić information content (AvgIpc) is 3.01. The lowest BCUT2D eigenvalue weighted by Crippen LogP contribution is -2.13. The van der Waals surface area contributed by atoms with Crippen molar-refractivity contribution in [2.45, 2.75) is 26.3 Å². The monoisotopic (exact) mass is 343 g/mol. The van der Waals surface area contributed by atoms with Crippen LogP contribution in [-0.2, 0) is 0 Å². The summed E-state index contributed by atoms with van der Waals surface area (Å²) in [5.74, 6) is 1.62. The van der Waals surface area contributed by atoms with Crippen molar-refractivity contribution in [3.05, 3.63) is 53.1 Å². The van der Waals surface area contributed by atoms with E-state index in [1.54, 1.807) is 12.4 Å². The molecule has 1 atom stereocenters. The predicted octanol–water partition coefficient (Wildman–Crippen LogP) is 3.86. The third-order valence-corrected chi connectivity index (χ3v) is 3.73. The van der Waals surface area contributed by atoms with Crippen molar-refractivity contribution in [1.82, 2.24) is 25.1 Å². The van der Waals surface area contributed by atoms with Crippen LogP contribution in [0.2, 0.25) is 5.02 Å². The fourth-order valence-corrected chi connectivity index (χ4v) is 2.39. The molecule has 124 valence electrons. The number of nitrogens with one attached hydrogen (secondary N) is 3. The number of aryl methyl sites for hydroxylation is 1. The minimum atomic E-state index is 0.0212. The SMILES string of the molecule is CCC(Nc1ncc(Cl)c(Nc2cc(C)[nH]n2)n1)c1ccccn1. The molecule has 0 fully saturated rings. The Hall–Kier alpha value is -2.67. The molecule has 0 aliphatic heterocycles. The van der Waals surface area contributed by atoms with E-state index in [0.29, 0.717) is 22.6 Å². The van der Waals surface area contributed by atoms with Gasteiger partial charge >= 0.3 is 0 Å². The summed E-state index contributed by atoms with van der Waals surface area (Å²) in [7, 11) is 0. The van der Waals surface area contributed by atoms with E-state index in [9.17, 15) is 0 Å². The van der Waals surface area contributed by atoms with E-state index in [1.165, 1.54) is 0 Å². The summed E-state index contributed by atoms with van der Waals surface area (Å²) in [6.07, 6.45) is 4.18. The van der Waals surface area contributed by atoms with E-state index in [2.05, 4.69) is 42.7 Å². The average molecular weight is 344 g/mol. The molecule has 0 amide bonds. The van der Waals surface area contributed by atoms with Crippen molar-refractivity contribution in [3.8, 4) is 0 Å². The molecular weight excluding hydrogens is 326 g/mol. The molecule has 3 aromatic rings. The summed E-state index contributed by atoms with van der Waals surface area (Å²) >= 11 is 6.17. The van der Waals surface area contributed by atoms with Crippen LogP contribution in [0.15, 0.2) is 36.7 Å². The molecule has 0 bridgehead atoms. The van der Waals surface area contributed by atoms with E-state index in [0.717, 1.165) is 17.8 Å². The quantitative estimate of drug-likeness (QED) is 0.629. The molecular formula is C16H18ClN7. The summed E-state index contributed by atoms with van der Waals surface area (Å²) < 4.78 is 0. The molecule has 3 heterocycles. The molecule has 0 spiro atoms. The number of hydrogen-bond donors (Lipinski definition) is 3. The highest BCUT2D eigenvalue weighted by molar-refractivity contribution is 6.32. The van der Waals surface area contributed by atoms with Crippen LogP contribution in [0.5, 0.6) is 0 Å². The fourth-order valence-electron chi connectivity index (χ4n) is 2.25. The van der Waals surface area contributed by atoms with Gasteiger partial charge in [0.15, 0.2) is 11.6 Å². The van der Waals surface area contributed by atoms with Gasteiger partial charge in [0, 0.05) is 18.0 Å². The van der Waals surface area contributed by atoms with Gasteiger partial charge in [-0.25, -0.2) is 4.98 Å². The normalized spacial score (nSPS) is 12.0. The largest absolute Gasteiger partial charge is 0.346 e. The van der Waals surface area contributed by atoms with Crippen molar-refractivity contribution in [3.63, 3.8) is 0 Å². The van der Waals surface area contributed by atoms with Crippen molar-refractivity contribution < 1.29 is 0 Å². The Labute approximate surface area is 144 Å². The molecule has 3 rings (SSSR count). The highest BCUT2D eigenvalue weighted by atomic mass is 35.5. The van der Waals surface area contributed by atoms with Crippen molar-refractivity contribution in [2.75, 3.05) is 10.6 Å². The summed E-state index contributed by atoms with van der Waals surface area (Å²) in [6, 6.07) is 7.72. The first-order chi connectivity index (χ1) is 11.7. The lowest BCUT2D eigenvalue weighted by atomic mass is 10.1. The number of anilines is 3. The van der Waals surface area contributed by atoms with Crippen molar-refractivity contribution in [2.24, 2.45) is 0 Å². The Morgan fingerprint density at radius 1 is 1.29 bits per heavy atom. The molecule has 0 saturated heterocycles. The lowest BCUT2D eigenvalue weighted by Gasteiger charge is -2.17. The third-order valence-electron chi connectivity index (χ3n) is 3.45. The number of H-pyrrole nitrogens is 1. The van der Waals surface area contributed by atoms with Gasteiger partial charge in [0.25, 0.3) is 0 Å². The summed E-state index contributed by atoms with van der Waals surface area (Å²) in [4.78, 5) is 13.1. The van der Waals surface area contributed by atoms with Crippen molar-refractivity contribution >= 4 is 29.2 Å². The fraction of sp³-hybridized carbons (Fsp3) is 0.250. The Kier molecular flexibility index (Phi) is 4.90. The van der Waals surface area contributed by atoms with Gasteiger partial charge in [-0.05, 0) is 25.5 Å². The summed E-state index contributed by atoms with van der Waals surface area (Å²) in [5.41, 5.74) is 1.89. The molecule has 3 N–H and O–H groups in total. The second-order valence-corrected chi connectivity index (χ2v) is 5.72. The number of aromatic amines is 1. The Balaban J connectivity index is 1.80. The maximum atomic E-state index is 6.17. The minimum Gasteiger partial charge on any atom is -0.346 e. The molecule has 7 nitrogen and oxygen atoms in total. The number of pyridine rings is 1. The highest BCUT2D eigenvalue weighted by Gasteiger charge is 2.13. The van der Waals surface area contributed by atoms with E-state index in [1.807, 2.05) is 31.2 Å². The van der Waals surface area contributed by atoms with Crippen LogP contribution in [0.25, 0.3) is 0 Å². The minimum absolute atomic E-state index is 0.0212. The number of hydrogen-bond acceptors (Lipinski definition) is 6. The number of nitrogens with zero attached hydrogens (tertiary/aromatic N) is 4. The van der Waals surface area contributed by atoms with E-state index >= 15 is 0 Å². The molecule has 0 aliphatic rings. The van der Waals surface area contributed by atoms with Crippen LogP contribution in [-0.4, -0.2) is 25.1 Å². The number of halogens is 1. The van der Waals surface area contributed by atoms with Crippen LogP contribution in [0, 0.1) is 6.92 Å². The molecule has 0 aromatic carbocycles. The van der Waals surface area contributed by atoms with Crippen LogP contribution in [0.4, 0.5) is 17.6 Å². The first-order valence-electron chi connectivity index (χ1n) is 7.64. The van der Waals surface area contributed by atoms with Gasteiger partial charge in [0.2, 0.25) is 5.95 Å². The molecule has 0 radical (unpaired) electrons. The Morgan fingerprint density at radius 2 is 2.17 bits per heavy atom. The number of aromatic nitrogens is 5. The predicted molar refractivity (Wildman–Crippen MR) is 94.5 cm³/mol. The standard InChI is InChI=1S/C16H18ClN7/c1-3-12(13-6-4-5-7-18-13)20-16-19-9-11(17)15(22-16)21-14-8-10(2)23-24-14/h4-9,12H,3H2,1-2H3,(H3,19,20,21,22,23,24). The van der Waals surface area contributed by atoms with Gasteiger partial charge in [-0.2, -0.15) is 10.1 Å². The van der Waals surface area contributed by atoms with Gasteiger partial charge in [-0.1, -0.05) is 24.6 Å². The second-order valence-electron chi connectivity index (χ2n) is 5.31. The molecule has 3 aromatic heterocycles. The maximum Gasteiger partial charge on any atom is 0.225 e. The topological polar surface area (TPSA) is 91.4 Å². The number of rotatable bonds is 6. The smallest absolute Gasteiger partial charge is 0.225 e. The zero-order chi connectivity index (χ0) is 16.9. The van der Waals surface area contributed by atoms with Gasteiger partial charge in [0.05, 0.1) is 17.9 Å². The van der Waals surface area contributed by atoms with Gasteiger partial charge in [0.1, 0.15) is 5.02 Å². The third kappa shape index (κ3) is 3.80. The highest BCUT2D eigenvalue weighted by Crippen LogP contribution is 2.25. The Bertz CT molecular complexity index is 803. The van der Waals surface area contributed by atoms with Gasteiger partial charge in [-0.15, -0.1) is 0 Å². The van der Waals surface area contributed by atoms with E-state index in [4.69, 9.17) is 11.6 Å². The molecule has 8 heteroatoms. The maximum absolute atomic E-state index is 6.17. The first-order valence-corrected chi connectivity index (χ1v) is 8.02. The summed E-state index contributed by atoms with van der Waals surface area (Å²) in [6.45, 7) is 4.00. The molecule has 24 heavy (non-hydrogen) atoms. The molecule has 1 unspecified atom stereocenters. The molecule has 0 saturated carbocycles. The van der Waals surface area contributed by atoms with Gasteiger partial charge in [-0.3, -0.25) is 10.1 Å². The second kappa shape index (κ2) is 7.27. The van der Waals surface area contributed by atoms with Crippen LogP contribution >= 0.6 is 11.6 Å². The molecule has 0 aliphatic carbocycles. The first kappa shape index (κ1) is 16.2. The zero-order valence-electron chi connectivity index (χ0n) is 13.4. The Morgan fingerprint density at radius 3 is 2.83 bits per heavy atom. The van der Waals surface area contributed by atoms with E-state index < -0.39 is 0 Å². The zero-order valence-corrected chi connectivity index (χ0v) is 14.2. The van der Waals surface area contributed by atoms with Crippen LogP contribution in [0.3, 0.4) is 0 Å². The van der Waals surface area contributed by atoms with Gasteiger partial charge < -0.3 is 10.6 Å². The van der Waals surface area contributed by atoms with Crippen LogP contribution in [0.1, 0.15) is 30.8 Å². The lowest BCUT2D eigenvalue weighted by molar-refractivity contribution is 0.714.